The molecule has 0 aromatic heterocycles. The third kappa shape index (κ3) is 9.12. The Balaban J connectivity index is 1.99. The Kier molecular flexibility index (Phi) is 11.0. The first-order chi connectivity index (χ1) is 18.6. The van der Waals surface area contributed by atoms with Crippen LogP contribution < -0.4 is 10.6 Å². The number of nitrogens with one attached hydrogen (secondary N) is 2. The first kappa shape index (κ1) is 30.2. The number of benzene rings is 2. The zero-order chi connectivity index (χ0) is 28.4. The van der Waals surface area contributed by atoms with Crippen LogP contribution in [0.5, 0.6) is 0 Å². The molecule has 0 bridgehead atoms. The van der Waals surface area contributed by atoms with E-state index in [-0.39, 0.29) is 30.3 Å². The summed E-state index contributed by atoms with van der Waals surface area (Å²) in [4.78, 5) is 42.9. The summed E-state index contributed by atoms with van der Waals surface area (Å²) < 4.78 is 5.52. The topological polar surface area (TPSA) is 87.7 Å². The van der Waals surface area contributed by atoms with Gasteiger partial charge in [0.15, 0.2) is 0 Å². The monoisotopic (exact) mass is 535 g/mol. The van der Waals surface area contributed by atoms with Gasteiger partial charge >= 0.3 is 6.09 Å². The predicted octanol–water partition coefficient (Wildman–Crippen LogP) is 5.94. The van der Waals surface area contributed by atoms with Crippen LogP contribution >= 0.6 is 0 Å². The first-order valence-electron chi connectivity index (χ1n) is 14.3. The van der Waals surface area contributed by atoms with Crippen molar-refractivity contribution in [1.82, 2.24) is 15.5 Å². The van der Waals surface area contributed by atoms with Gasteiger partial charge in [-0.15, -0.1) is 0 Å². The molecule has 0 heterocycles. The number of amides is 3. The normalized spacial score (nSPS) is 16.4. The molecule has 1 fully saturated rings. The van der Waals surface area contributed by atoms with E-state index in [0.29, 0.717) is 6.42 Å². The van der Waals surface area contributed by atoms with E-state index < -0.39 is 23.8 Å². The number of hydrogen-bond donors (Lipinski definition) is 2. The molecule has 3 unspecified atom stereocenters. The maximum atomic E-state index is 14.4. The van der Waals surface area contributed by atoms with Crippen molar-refractivity contribution in [3.8, 4) is 0 Å². The molecule has 2 aromatic rings. The molecule has 7 nitrogen and oxygen atoms in total. The largest absolute Gasteiger partial charge is 0.444 e. The molecule has 212 valence electrons. The summed E-state index contributed by atoms with van der Waals surface area (Å²) in [5.74, 6) is -0.496. The number of hydrogen-bond acceptors (Lipinski definition) is 4. The van der Waals surface area contributed by atoms with Gasteiger partial charge in [0.2, 0.25) is 11.8 Å². The fourth-order valence-electron chi connectivity index (χ4n) is 5.08. The Morgan fingerprint density at radius 2 is 1.54 bits per heavy atom. The summed E-state index contributed by atoms with van der Waals surface area (Å²) >= 11 is 0. The van der Waals surface area contributed by atoms with Crippen LogP contribution in [0.1, 0.15) is 90.3 Å². The molecule has 1 saturated carbocycles. The highest BCUT2D eigenvalue weighted by molar-refractivity contribution is 5.92. The summed E-state index contributed by atoms with van der Waals surface area (Å²) in [7, 11) is 0. The Morgan fingerprint density at radius 1 is 0.949 bits per heavy atom. The van der Waals surface area contributed by atoms with Crippen LogP contribution in [0, 0.1) is 0 Å². The third-order valence-electron chi connectivity index (χ3n) is 7.19. The van der Waals surface area contributed by atoms with Crippen molar-refractivity contribution in [3.05, 3.63) is 71.8 Å². The van der Waals surface area contributed by atoms with E-state index >= 15 is 0 Å². The second kappa shape index (κ2) is 14.2. The average Bonchev–Trinajstić information content (AvgIpc) is 2.91. The van der Waals surface area contributed by atoms with Gasteiger partial charge in [0.25, 0.3) is 0 Å². The molecule has 0 radical (unpaired) electrons. The maximum Gasteiger partial charge on any atom is 0.408 e. The van der Waals surface area contributed by atoms with E-state index in [1.54, 1.807) is 25.7 Å². The minimum Gasteiger partial charge on any atom is -0.444 e. The second-order valence-corrected chi connectivity index (χ2v) is 11.5. The minimum absolute atomic E-state index is 0.103. The zero-order valence-corrected chi connectivity index (χ0v) is 24.1. The number of carbonyl (C=O) groups is 3. The predicted molar refractivity (Wildman–Crippen MR) is 154 cm³/mol. The molecular formula is C32H45N3O4. The summed E-state index contributed by atoms with van der Waals surface area (Å²) in [6.45, 7) is 9.31. The zero-order valence-electron chi connectivity index (χ0n) is 24.1. The van der Waals surface area contributed by atoms with Crippen molar-refractivity contribution in [2.75, 3.05) is 0 Å². The molecule has 2 aromatic carbocycles. The van der Waals surface area contributed by atoms with Crippen LogP contribution in [0.25, 0.3) is 0 Å². The van der Waals surface area contributed by atoms with E-state index in [2.05, 4.69) is 10.6 Å². The highest BCUT2D eigenvalue weighted by Gasteiger charge is 2.39. The van der Waals surface area contributed by atoms with Crippen LogP contribution in [0.2, 0.25) is 0 Å². The lowest BCUT2D eigenvalue weighted by molar-refractivity contribution is -0.145. The lowest BCUT2D eigenvalue weighted by atomic mass is 9.94. The van der Waals surface area contributed by atoms with Crippen molar-refractivity contribution in [2.45, 2.75) is 109 Å². The molecule has 3 rings (SSSR count). The quantitative estimate of drug-likeness (QED) is 0.394. The fraction of sp³-hybridized carbons (Fsp3) is 0.531. The third-order valence-corrected chi connectivity index (χ3v) is 7.19. The first-order valence-corrected chi connectivity index (χ1v) is 14.3. The highest BCUT2D eigenvalue weighted by Crippen LogP contribution is 2.28. The Hall–Kier alpha value is -3.35. The molecule has 0 saturated heterocycles. The van der Waals surface area contributed by atoms with E-state index in [1.807, 2.05) is 74.5 Å². The summed E-state index contributed by atoms with van der Waals surface area (Å²) in [6.07, 6.45) is 5.52. The summed E-state index contributed by atoms with van der Waals surface area (Å²) in [6, 6.07) is 17.1. The van der Waals surface area contributed by atoms with Gasteiger partial charge in [-0.1, -0.05) is 86.8 Å². The van der Waals surface area contributed by atoms with E-state index in [4.69, 9.17) is 4.74 Å². The lowest BCUT2D eigenvalue weighted by Gasteiger charge is -2.39. The van der Waals surface area contributed by atoms with Crippen molar-refractivity contribution >= 4 is 17.9 Å². The molecule has 3 atom stereocenters. The molecule has 0 aliphatic heterocycles. The smallest absolute Gasteiger partial charge is 0.408 e. The molecule has 3 amide bonds. The molecule has 0 spiro atoms. The van der Waals surface area contributed by atoms with Crippen LogP contribution in [0.3, 0.4) is 0 Å². The van der Waals surface area contributed by atoms with Crippen molar-refractivity contribution in [1.29, 1.82) is 0 Å². The summed E-state index contributed by atoms with van der Waals surface area (Å²) in [5, 5.41) is 6.07. The molecular weight excluding hydrogens is 490 g/mol. The summed E-state index contributed by atoms with van der Waals surface area (Å²) in [5.41, 5.74) is 0.932. The van der Waals surface area contributed by atoms with Crippen LogP contribution in [0.15, 0.2) is 60.7 Å². The van der Waals surface area contributed by atoms with Gasteiger partial charge in [0, 0.05) is 18.5 Å². The van der Waals surface area contributed by atoms with Crippen LogP contribution in [-0.2, 0) is 20.7 Å². The molecule has 1 aliphatic rings. The number of ether oxygens (including phenoxy) is 1. The number of rotatable bonds is 10. The fourth-order valence-corrected chi connectivity index (χ4v) is 5.08. The average molecular weight is 536 g/mol. The lowest BCUT2D eigenvalue weighted by Crippen LogP contribution is -2.56. The number of nitrogens with zero attached hydrogens (tertiary/aromatic N) is 1. The van der Waals surface area contributed by atoms with Gasteiger partial charge in [-0.25, -0.2) is 4.79 Å². The Bertz CT molecular complexity index is 1060. The minimum atomic E-state index is -0.912. The van der Waals surface area contributed by atoms with Gasteiger partial charge in [-0.3, -0.25) is 9.59 Å². The standard InChI is InChI=1S/C32H45N3O4/c1-6-23(2)35(28(25-18-12-8-13-19-25)29(36)33-26-20-14-9-15-21-26)30(37)27(22-24-16-10-7-11-17-24)34-31(38)39-32(3,4)5/h7-8,10-13,16-19,23,26-28H,6,9,14-15,20-22H2,1-5H3,(H,33,36)(H,34,38). The van der Waals surface area contributed by atoms with E-state index in [9.17, 15) is 14.4 Å². The van der Waals surface area contributed by atoms with Crippen molar-refractivity contribution in [2.24, 2.45) is 0 Å². The van der Waals surface area contributed by atoms with Crippen LogP contribution in [0.4, 0.5) is 4.79 Å². The Morgan fingerprint density at radius 3 is 2.10 bits per heavy atom. The molecule has 1 aliphatic carbocycles. The van der Waals surface area contributed by atoms with Gasteiger partial charge < -0.3 is 20.3 Å². The van der Waals surface area contributed by atoms with Crippen LogP contribution in [-0.4, -0.2) is 46.5 Å². The second-order valence-electron chi connectivity index (χ2n) is 11.5. The van der Waals surface area contributed by atoms with Gasteiger partial charge in [-0.05, 0) is 58.1 Å². The highest BCUT2D eigenvalue weighted by atomic mass is 16.6. The van der Waals surface area contributed by atoms with Gasteiger partial charge in [0.05, 0.1) is 0 Å². The van der Waals surface area contributed by atoms with Crippen molar-refractivity contribution in [3.63, 3.8) is 0 Å². The SMILES string of the molecule is CCC(C)N(C(=O)C(Cc1ccccc1)NC(=O)OC(C)(C)C)C(C(=O)NC1CCCCC1)c1ccccc1. The molecule has 2 N–H and O–H groups in total. The van der Waals surface area contributed by atoms with Gasteiger partial charge in [-0.2, -0.15) is 0 Å². The van der Waals surface area contributed by atoms with E-state index in [1.165, 1.54) is 6.42 Å². The van der Waals surface area contributed by atoms with Crippen molar-refractivity contribution < 1.29 is 19.1 Å². The Labute approximate surface area is 233 Å². The molecule has 39 heavy (non-hydrogen) atoms. The number of alkyl carbamates (subject to hydrolysis) is 1. The maximum absolute atomic E-state index is 14.4. The molecule has 7 heteroatoms. The van der Waals surface area contributed by atoms with E-state index in [0.717, 1.165) is 36.8 Å². The van der Waals surface area contributed by atoms with Gasteiger partial charge in [0.1, 0.15) is 17.7 Å². The number of carbonyl (C=O) groups excluding carboxylic acids is 3.